The average Bonchev–Trinajstić information content (AvgIpc) is 1.89. The predicted octanol–water partition coefficient (Wildman–Crippen LogP) is 1.41. The van der Waals surface area contributed by atoms with Crippen molar-refractivity contribution >= 4 is 7.85 Å². The molecule has 0 bridgehead atoms. The summed E-state index contributed by atoms with van der Waals surface area (Å²) < 4.78 is 0. The van der Waals surface area contributed by atoms with Gasteiger partial charge in [-0.2, -0.15) is 0 Å². The third kappa shape index (κ3) is 1.35. The zero-order chi connectivity index (χ0) is 6.69. The van der Waals surface area contributed by atoms with Crippen LogP contribution >= 0.6 is 0 Å². The van der Waals surface area contributed by atoms with Gasteiger partial charge in [-0.15, -0.1) is 0 Å². The van der Waals surface area contributed by atoms with Crippen LogP contribution in [0.1, 0.15) is 12.8 Å². The van der Waals surface area contributed by atoms with Crippen LogP contribution in [-0.4, -0.2) is 7.85 Å². The molecule has 0 radical (unpaired) electrons. The van der Waals surface area contributed by atoms with Crippen molar-refractivity contribution in [1.29, 1.82) is 0 Å². The maximum Gasteiger partial charge on any atom is 0.139 e. The molecule has 0 amide bonds. The van der Waals surface area contributed by atoms with Gasteiger partial charge in [0, 0.05) is 0 Å². The van der Waals surface area contributed by atoms with Gasteiger partial charge in [0.05, 0.1) is 0 Å². The Labute approximate surface area is 57.4 Å². The fourth-order valence-electron chi connectivity index (χ4n) is 1.06. The van der Waals surface area contributed by atoms with Crippen molar-refractivity contribution in [1.82, 2.24) is 0 Å². The van der Waals surface area contributed by atoms with E-state index in [1.54, 1.807) is 0 Å². The maximum absolute atomic E-state index is 3.73. The van der Waals surface area contributed by atoms with Crippen molar-refractivity contribution in [2.45, 2.75) is 12.8 Å². The van der Waals surface area contributed by atoms with Crippen molar-refractivity contribution in [3.63, 3.8) is 0 Å². The van der Waals surface area contributed by atoms with Gasteiger partial charge in [0.2, 0.25) is 0 Å². The summed E-state index contributed by atoms with van der Waals surface area (Å²) in [7, 11) is 2.13. The molecule has 1 heteroatoms. The van der Waals surface area contributed by atoms with E-state index in [0.717, 1.165) is 0 Å². The summed E-state index contributed by atoms with van der Waals surface area (Å²) in [5.74, 6) is 0. The Balaban J connectivity index is 2.79. The third-order valence-electron chi connectivity index (χ3n) is 1.66. The topological polar surface area (TPSA) is 0 Å². The molecular formula is C8H11B. The lowest BCUT2D eigenvalue weighted by atomic mass is 9.84. The average molecular weight is 118 g/mol. The first-order valence-corrected chi connectivity index (χ1v) is 3.34. The van der Waals surface area contributed by atoms with E-state index in [4.69, 9.17) is 0 Å². The molecule has 0 aromatic heterocycles. The molecule has 0 heterocycles. The van der Waals surface area contributed by atoms with Gasteiger partial charge in [-0.3, -0.25) is 0 Å². The van der Waals surface area contributed by atoms with Crippen LogP contribution in [0.4, 0.5) is 0 Å². The standard InChI is InChI=1S/C8H11B/c1-2-7-5-3-4-6-8(7)9/h2,5-6H,1,3-4,9H2. The second-order valence-electron chi connectivity index (χ2n) is 2.33. The summed E-state index contributed by atoms with van der Waals surface area (Å²) in [6.45, 7) is 3.73. The number of rotatable bonds is 1. The molecular weight excluding hydrogens is 107 g/mol. The van der Waals surface area contributed by atoms with E-state index in [1.165, 1.54) is 23.9 Å². The van der Waals surface area contributed by atoms with Crippen LogP contribution in [0.3, 0.4) is 0 Å². The molecule has 0 saturated carbocycles. The highest BCUT2D eigenvalue weighted by Crippen LogP contribution is 2.15. The summed E-state index contributed by atoms with van der Waals surface area (Å²) in [4.78, 5) is 0. The molecule has 46 valence electrons. The molecule has 0 N–H and O–H groups in total. The van der Waals surface area contributed by atoms with Gasteiger partial charge < -0.3 is 0 Å². The molecule has 9 heavy (non-hydrogen) atoms. The van der Waals surface area contributed by atoms with Crippen molar-refractivity contribution in [3.05, 3.63) is 35.9 Å². The highest BCUT2D eigenvalue weighted by molar-refractivity contribution is 6.24. The Kier molecular flexibility index (Phi) is 1.94. The molecule has 0 nitrogen and oxygen atoms in total. The Bertz CT molecular complexity index is 175. The van der Waals surface area contributed by atoms with Crippen LogP contribution < -0.4 is 0 Å². The minimum atomic E-state index is 1.18. The molecule has 0 fully saturated rings. The van der Waals surface area contributed by atoms with Crippen molar-refractivity contribution in [2.75, 3.05) is 0 Å². The summed E-state index contributed by atoms with van der Waals surface area (Å²) in [6.07, 6.45) is 8.80. The van der Waals surface area contributed by atoms with Crippen LogP contribution in [0.25, 0.3) is 0 Å². The van der Waals surface area contributed by atoms with E-state index in [1.807, 2.05) is 6.08 Å². The predicted molar refractivity (Wildman–Crippen MR) is 44.1 cm³/mol. The molecule has 0 unspecified atom stereocenters. The van der Waals surface area contributed by atoms with E-state index >= 15 is 0 Å². The lowest BCUT2D eigenvalue weighted by Gasteiger charge is -2.07. The minimum absolute atomic E-state index is 1.18. The van der Waals surface area contributed by atoms with Gasteiger partial charge in [0.1, 0.15) is 7.85 Å². The zero-order valence-electron chi connectivity index (χ0n) is 5.85. The monoisotopic (exact) mass is 118 g/mol. The maximum atomic E-state index is 3.73. The van der Waals surface area contributed by atoms with E-state index in [-0.39, 0.29) is 0 Å². The highest BCUT2D eigenvalue weighted by atomic mass is 14.0. The highest BCUT2D eigenvalue weighted by Gasteiger charge is 1.97. The van der Waals surface area contributed by atoms with E-state index in [9.17, 15) is 0 Å². The Morgan fingerprint density at radius 1 is 1.44 bits per heavy atom. The van der Waals surface area contributed by atoms with Crippen LogP contribution in [0.2, 0.25) is 0 Å². The Morgan fingerprint density at radius 2 is 2.11 bits per heavy atom. The fourth-order valence-corrected chi connectivity index (χ4v) is 1.06. The van der Waals surface area contributed by atoms with E-state index in [0.29, 0.717) is 0 Å². The van der Waals surface area contributed by atoms with E-state index < -0.39 is 0 Å². The van der Waals surface area contributed by atoms with Crippen LogP contribution in [-0.2, 0) is 0 Å². The molecule has 0 aromatic rings. The number of hydrogen-bond acceptors (Lipinski definition) is 0. The largest absolute Gasteiger partial charge is 0.139 e. The van der Waals surface area contributed by atoms with E-state index in [2.05, 4.69) is 26.6 Å². The first-order valence-electron chi connectivity index (χ1n) is 3.34. The van der Waals surface area contributed by atoms with Gasteiger partial charge in [-0.25, -0.2) is 0 Å². The lowest BCUT2D eigenvalue weighted by Crippen LogP contribution is -1.90. The molecule has 0 aliphatic heterocycles. The summed E-state index contributed by atoms with van der Waals surface area (Å²) in [5.41, 5.74) is 2.68. The Morgan fingerprint density at radius 3 is 2.56 bits per heavy atom. The molecule has 0 saturated heterocycles. The van der Waals surface area contributed by atoms with Crippen molar-refractivity contribution in [3.8, 4) is 0 Å². The van der Waals surface area contributed by atoms with Gasteiger partial charge in [-0.1, -0.05) is 30.3 Å². The minimum Gasteiger partial charge on any atom is -0.0985 e. The smallest absolute Gasteiger partial charge is 0.0985 e. The van der Waals surface area contributed by atoms with Gasteiger partial charge in [0.25, 0.3) is 0 Å². The summed E-state index contributed by atoms with van der Waals surface area (Å²) in [5, 5.41) is 0. The Hall–Kier alpha value is -0.715. The normalized spacial score (nSPS) is 18.2. The van der Waals surface area contributed by atoms with Gasteiger partial charge >= 0.3 is 0 Å². The fraction of sp³-hybridized carbons (Fsp3) is 0.250. The molecule has 1 aliphatic carbocycles. The number of allylic oxidation sites excluding steroid dienone is 5. The van der Waals surface area contributed by atoms with Crippen LogP contribution in [0.5, 0.6) is 0 Å². The first-order chi connectivity index (χ1) is 4.34. The lowest BCUT2D eigenvalue weighted by molar-refractivity contribution is 1.02. The second-order valence-corrected chi connectivity index (χ2v) is 2.33. The van der Waals surface area contributed by atoms with Crippen molar-refractivity contribution in [2.24, 2.45) is 0 Å². The molecule has 0 aromatic carbocycles. The molecule has 0 atom stereocenters. The third-order valence-corrected chi connectivity index (χ3v) is 1.66. The zero-order valence-corrected chi connectivity index (χ0v) is 5.85. The summed E-state index contributed by atoms with van der Waals surface area (Å²) >= 11 is 0. The van der Waals surface area contributed by atoms with Gasteiger partial charge in [-0.05, 0) is 18.4 Å². The quantitative estimate of drug-likeness (QED) is 0.456. The molecule has 0 spiro atoms. The second kappa shape index (κ2) is 2.72. The first kappa shape index (κ1) is 6.41. The molecule has 1 rings (SSSR count). The summed E-state index contributed by atoms with van der Waals surface area (Å²) in [6, 6.07) is 0. The number of hydrogen-bond donors (Lipinski definition) is 0. The molecule has 1 aliphatic rings. The van der Waals surface area contributed by atoms with Crippen LogP contribution in [0, 0.1) is 0 Å². The SMILES string of the molecule is BC1=CCCC=C1C=C. The van der Waals surface area contributed by atoms with Crippen LogP contribution in [0.15, 0.2) is 35.9 Å². The van der Waals surface area contributed by atoms with Crippen molar-refractivity contribution < 1.29 is 0 Å². The van der Waals surface area contributed by atoms with Gasteiger partial charge in [0.15, 0.2) is 0 Å².